The highest BCUT2D eigenvalue weighted by atomic mass is 32.2. The normalized spacial score (nSPS) is 14.3. The molecule has 1 aromatic rings. The molecule has 1 aliphatic rings. The van der Waals surface area contributed by atoms with E-state index in [4.69, 9.17) is 9.47 Å². The van der Waals surface area contributed by atoms with Crippen molar-refractivity contribution in [1.82, 2.24) is 4.90 Å². The molecule has 0 saturated carbocycles. The van der Waals surface area contributed by atoms with Gasteiger partial charge in [-0.05, 0) is 39.0 Å². The molecule has 1 aliphatic heterocycles. The first-order chi connectivity index (χ1) is 13.6. The second-order valence-corrected chi connectivity index (χ2v) is 8.34. The average molecular weight is 427 g/mol. The summed E-state index contributed by atoms with van der Waals surface area (Å²) < 4.78 is 24.0. The van der Waals surface area contributed by atoms with E-state index in [-0.39, 0.29) is 28.8 Å². The molecule has 160 valence electrons. The van der Waals surface area contributed by atoms with Gasteiger partial charge in [0.15, 0.2) is 0 Å². The van der Waals surface area contributed by atoms with Gasteiger partial charge < -0.3 is 19.7 Å². The monoisotopic (exact) mass is 427 g/mol. The van der Waals surface area contributed by atoms with Gasteiger partial charge in [0.2, 0.25) is 11.8 Å². The van der Waals surface area contributed by atoms with Crippen molar-refractivity contribution in [2.45, 2.75) is 26.4 Å². The van der Waals surface area contributed by atoms with Gasteiger partial charge in [-0.1, -0.05) is 0 Å². The third kappa shape index (κ3) is 8.28. The number of carbonyl (C=O) groups excluding carboxylic acids is 3. The summed E-state index contributed by atoms with van der Waals surface area (Å²) in [6.45, 7) is 7.29. The number of hydrogen-bond donors (Lipinski definition) is 2. The molecule has 0 bridgehead atoms. The molecule has 1 fully saturated rings. The number of thioether (sulfide) groups is 1. The summed E-state index contributed by atoms with van der Waals surface area (Å²) >= 11 is 1.16. The lowest BCUT2D eigenvalue weighted by Crippen LogP contribution is -2.41. The van der Waals surface area contributed by atoms with Crippen LogP contribution in [0.2, 0.25) is 0 Å². The highest BCUT2D eigenvalue weighted by Gasteiger charge is 2.19. The van der Waals surface area contributed by atoms with Crippen molar-refractivity contribution in [3.05, 3.63) is 24.0 Å². The molecular weight excluding hydrogens is 401 g/mol. The Bertz CT molecular complexity index is 748. The minimum absolute atomic E-state index is 0.0124. The van der Waals surface area contributed by atoms with E-state index in [1.54, 1.807) is 25.7 Å². The predicted octanol–water partition coefficient (Wildman–Crippen LogP) is 2.70. The van der Waals surface area contributed by atoms with Gasteiger partial charge in [0.1, 0.15) is 11.4 Å². The maximum absolute atomic E-state index is 13.6. The van der Waals surface area contributed by atoms with Crippen LogP contribution in [0.5, 0.6) is 0 Å². The molecule has 0 aromatic heterocycles. The van der Waals surface area contributed by atoms with E-state index < -0.39 is 23.4 Å². The number of rotatable bonds is 6. The van der Waals surface area contributed by atoms with Gasteiger partial charge in [-0.3, -0.25) is 14.9 Å². The van der Waals surface area contributed by atoms with Crippen molar-refractivity contribution in [1.29, 1.82) is 0 Å². The van der Waals surface area contributed by atoms with Crippen molar-refractivity contribution < 1.29 is 28.2 Å². The largest absolute Gasteiger partial charge is 0.444 e. The molecule has 0 atom stereocenters. The Kier molecular flexibility index (Phi) is 8.27. The minimum atomic E-state index is -0.718. The van der Waals surface area contributed by atoms with E-state index >= 15 is 0 Å². The summed E-state index contributed by atoms with van der Waals surface area (Å²) in [4.78, 5) is 37.9. The van der Waals surface area contributed by atoms with Gasteiger partial charge in [-0.15, -0.1) is 11.8 Å². The third-order valence-corrected chi connectivity index (χ3v) is 4.63. The van der Waals surface area contributed by atoms with Crippen molar-refractivity contribution in [3.8, 4) is 0 Å². The van der Waals surface area contributed by atoms with Crippen LogP contribution in [0.15, 0.2) is 18.2 Å². The quantitative estimate of drug-likeness (QED) is 0.725. The maximum atomic E-state index is 13.6. The average Bonchev–Trinajstić information content (AvgIpc) is 2.63. The Morgan fingerprint density at radius 3 is 2.48 bits per heavy atom. The van der Waals surface area contributed by atoms with Gasteiger partial charge in [0.25, 0.3) is 0 Å². The predicted molar refractivity (Wildman–Crippen MR) is 110 cm³/mol. The van der Waals surface area contributed by atoms with Gasteiger partial charge in [0.05, 0.1) is 36.1 Å². The van der Waals surface area contributed by atoms with Gasteiger partial charge >= 0.3 is 6.09 Å². The van der Waals surface area contributed by atoms with Crippen LogP contribution in [0.4, 0.5) is 20.6 Å². The van der Waals surface area contributed by atoms with Crippen molar-refractivity contribution in [2.75, 3.05) is 48.4 Å². The number of carbonyl (C=O) groups is 3. The second kappa shape index (κ2) is 10.4. The summed E-state index contributed by atoms with van der Waals surface area (Å²) in [7, 11) is 0. The molecular formula is C19H26FN3O5S. The lowest BCUT2D eigenvalue weighted by molar-refractivity contribution is -0.132. The highest BCUT2D eigenvalue weighted by Crippen LogP contribution is 2.24. The topological polar surface area (TPSA) is 97.0 Å². The molecule has 1 heterocycles. The number of benzene rings is 1. The second-order valence-electron chi connectivity index (χ2n) is 7.35. The number of halogens is 1. The minimum Gasteiger partial charge on any atom is -0.444 e. The zero-order valence-corrected chi connectivity index (χ0v) is 17.6. The van der Waals surface area contributed by atoms with E-state index in [1.807, 2.05) is 0 Å². The lowest BCUT2D eigenvalue weighted by Gasteiger charge is -2.26. The van der Waals surface area contributed by atoms with Gasteiger partial charge in [0, 0.05) is 13.1 Å². The van der Waals surface area contributed by atoms with Crippen LogP contribution >= 0.6 is 11.8 Å². The summed E-state index contributed by atoms with van der Waals surface area (Å²) in [5.74, 6) is -0.852. The number of hydrogen-bond acceptors (Lipinski definition) is 6. The van der Waals surface area contributed by atoms with E-state index in [0.29, 0.717) is 26.3 Å². The van der Waals surface area contributed by atoms with Crippen molar-refractivity contribution in [2.24, 2.45) is 0 Å². The van der Waals surface area contributed by atoms with E-state index in [2.05, 4.69) is 10.6 Å². The first-order valence-electron chi connectivity index (χ1n) is 9.17. The summed E-state index contributed by atoms with van der Waals surface area (Å²) in [5, 5.41) is 5.05. The summed E-state index contributed by atoms with van der Waals surface area (Å²) in [6.07, 6.45) is -0.718. The maximum Gasteiger partial charge on any atom is 0.412 e. The standard InChI is InChI=1S/C19H26FN3O5S/c1-19(2,3)28-18(26)22-14-5-4-13(20)10-15(14)21-16(24)11-29-12-17(25)23-6-8-27-9-7-23/h4-5,10H,6-9,11-12H2,1-3H3,(H,21,24)(H,22,26). The Balaban J connectivity index is 1.87. The fourth-order valence-electron chi connectivity index (χ4n) is 2.46. The zero-order chi connectivity index (χ0) is 21.4. The molecule has 8 nitrogen and oxygen atoms in total. The molecule has 0 spiro atoms. The Labute approximate surface area is 173 Å². The van der Waals surface area contributed by atoms with Crippen LogP contribution in [0.3, 0.4) is 0 Å². The summed E-state index contributed by atoms with van der Waals surface area (Å²) in [5.41, 5.74) is -0.374. The zero-order valence-electron chi connectivity index (χ0n) is 16.7. The first-order valence-corrected chi connectivity index (χ1v) is 10.3. The van der Waals surface area contributed by atoms with Gasteiger partial charge in [-0.2, -0.15) is 0 Å². The smallest absolute Gasteiger partial charge is 0.412 e. The SMILES string of the molecule is CC(C)(C)OC(=O)Nc1ccc(F)cc1NC(=O)CSCC(=O)N1CCOCC1. The molecule has 0 radical (unpaired) electrons. The van der Waals surface area contributed by atoms with Crippen LogP contribution in [0.25, 0.3) is 0 Å². The third-order valence-electron chi connectivity index (χ3n) is 3.71. The lowest BCUT2D eigenvalue weighted by atomic mass is 10.2. The van der Waals surface area contributed by atoms with Crippen molar-refractivity contribution >= 4 is 41.0 Å². The number of anilines is 2. The molecule has 1 aromatic carbocycles. The van der Waals surface area contributed by atoms with Crippen LogP contribution in [0, 0.1) is 5.82 Å². The molecule has 10 heteroatoms. The number of nitrogens with zero attached hydrogens (tertiary/aromatic N) is 1. The molecule has 0 unspecified atom stereocenters. The Hall–Kier alpha value is -2.33. The highest BCUT2D eigenvalue weighted by molar-refractivity contribution is 8.00. The fraction of sp³-hybridized carbons (Fsp3) is 0.526. The fourth-order valence-corrected chi connectivity index (χ4v) is 3.18. The van der Waals surface area contributed by atoms with E-state index in [0.717, 1.165) is 23.9 Å². The molecule has 3 amide bonds. The number of nitrogens with one attached hydrogen (secondary N) is 2. The Morgan fingerprint density at radius 1 is 1.14 bits per heavy atom. The first kappa shape index (κ1) is 23.0. The van der Waals surface area contributed by atoms with Gasteiger partial charge in [-0.25, -0.2) is 9.18 Å². The number of amides is 3. The van der Waals surface area contributed by atoms with Crippen LogP contribution in [0.1, 0.15) is 20.8 Å². The molecule has 2 N–H and O–H groups in total. The van der Waals surface area contributed by atoms with E-state index in [9.17, 15) is 18.8 Å². The Morgan fingerprint density at radius 2 is 1.83 bits per heavy atom. The van der Waals surface area contributed by atoms with Crippen molar-refractivity contribution in [3.63, 3.8) is 0 Å². The van der Waals surface area contributed by atoms with Crippen LogP contribution < -0.4 is 10.6 Å². The number of ether oxygens (including phenoxy) is 2. The molecule has 0 aliphatic carbocycles. The van der Waals surface area contributed by atoms with Crippen LogP contribution in [-0.2, 0) is 19.1 Å². The number of morpholine rings is 1. The van der Waals surface area contributed by atoms with Crippen LogP contribution in [-0.4, -0.2) is 66.2 Å². The molecule has 1 saturated heterocycles. The molecule has 29 heavy (non-hydrogen) atoms. The summed E-state index contributed by atoms with van der Waals surface area (Å²) in [6, 6.07) is 3.61. The molecule has 2 rings (SSSR count). The van der Waals surface area contributed by atoms with E-state index in [1.165, 1.54) is 6.07 Å².